The van der Waals surface area contributed by atoms with E-state index in [-0.39, 0.29) is 103 Å². The minimum absolute atomic E-state index is 0. The van der Waals surface area contributed by atoms with Crippen molar-refractivity contribution in [3.05, 3.63) is 172 Å². The number of benzene rings is 4. The van der Waals surface area contributed by atoms with E-state index >= 15 is 8.78 Å². The van der Waals surface area contributed by atoms with E-state index in [4.69, 9.17) is 21.1 Å². The van der Waals surface area contributed by atoms with E-state index in [2.05, 4.69) is 25.9 Å². The lowest BCUT2D eigenvalue weighted by Gasteiger charge is -2.30. The van der Waals surface area contributed by atoms with E-state index in [1.807, 2.05) is 67.6 Å². The Balaban J connectivity index is 0.000000273. The van der Waals surface area contributed by atoms with Gasteiger partial charge in [-0.15, -0.1) is 0 Å². The van der Waals surface area contributed by atoms with Gasteiger partial charge in [-0.05, 0) is 112 Å². The number of alkyl carbamates (subject to hydrolysis) is 1. The van der Waals surface area contributed by atoms with Crippen LogP contribution in [0, 0.1) is 43.0 Å². The molecule has 4 atom stereocenters. The van der Waals surface area contributed by atoms with Crippen LogP contribution in [0.1, 0.15) is 100 Å². The Kier molecular flexibility index (Phi) is 20.6. The molecular formula is C58H62ClF7N6O6S. The third kappa shape index (κ3) is 15.6. The third-order valence-corrected chi connectivity index (χ3v) is 15.4. The first kappa shape index (κ1) is 61.0. The molecule has 12 nitrogen and oxygen atoms in total. The van der Waals surface area contributed by atoms with Gasteiger partial charge in [0, 0.05) is 47.8 Å². The van der Waals surface area contributed by atoms with Gasteiger partial charge >= 0.3 is 18.2 Å². The smallest absolute Gasteiger partial charge is 0.419 e. The highest BCUT2D eigenvalue weighted by Crippen LogP contribution is 2.39. The molecule has 3 aromatic heterocycles. The number of hydrogen-bond donors (Lipinski definition) is 3. The Hall–Kier alpha value is -7.19. The molecule has 4 aromatic carbocycles. The van der Waals surface area contributed by atoms with Crippen LogP contribution in [0.15, 0.2) is 120 Å². The van der Waals surface area contributed by atoms with Crippen LogP contribution in [-0.2, 0) is 43.7 Å². The molecule has 0 spiro atoms. The number of amides is 1. The van der Waals surface area contributed by atoms with Crippen molar-refractivity contribution in [1.29, 1.82) is 0 Å². The molecule has 21 heteroatoms. The number of rotatable bonds is 14. The molecule has 2 aliphatic carbocycles. The number of alkyl halides is 3. The van der Waals surface area contributed by atoms with Crippen LogP contribution >= 0.6 is 11.6 Å². The largest absolute Gasteiger partial charge is 0.461 e. The average Bonchev–Trinajstić information content (AvgIpc) is 3.81. The van der Waals surface area contributed by atoms with Crippen molar-refractivity contribution >= 4 is 56.2 Å². The second-order valence-corrected chi connectivity index (χ2v) is 21.4. The number of halogens is 8. The fraction of sp³-hybridized carbons (Fsp3) is 0.345. The highest BCUT2D eigenvalue weighted by atomic mass is 35.5. The molecule has 1 amide bonds. The van der Waals surface area contributed by atoms with Crippen molar-refractivity contribution < 1.29 is 58.2 Å². The number of nitrogens with one attached hydrogen (secondary N) is 3. The zero-order valence-electron chi connectivity index (χ0n) is 41.8. The van der Waals surface area contributed by atoms with Crippen molar-refractivity contribution in [3.63, 3.8) is 0 Å². The average molecular weight is 1140 g/mol. The van der Waals surface area contributed by atoms with Crippen molar-refractivity contribution in [2.75, 3.05) is 10.6 Å². The molecule has 422 valence electrons. The lowest BCUT2D eigenvalue weighted by atomic mass is 9.84. The number of carbonyl (C=O) groups is 2. The maximum absolute atomic E-state index is 15.3. The van der Waals surface area contributed by atoms with Crippen LogP contribution in [0.4, 0.5) is 47.2 Å². The summed E-state index contributed by atoms with van der Waals surface area (Å²) in [6.07, 6.45) is 1.61. The molecule has 0 bridgehead atoms. The molecule has 0 radical (unpaired) electrons. The Morgan fingerprint density at radius 1 is 0.709 bits per heavy atom. The summed E-state index contributed by atoms with van der Waals surface area (Å²) in [6.45, 7) is 3.73. The number of carbonyl (C=O) groups excluding carboxylic acids is 2. The first-order valence-electron chi connectivity index (χ1n) is 24.8. The first-order chi connectivity index (χ1) is 36.7. The molecule has 2 fully saturated rings. The minimum Gasteiger partial charge on any atom is -0.461 e. The highest BCUT2D eigenvalue weighted by molar-refractivity contribution is 7.90. The second kappa shape index (κ2) is 26.6. The maximum Gasteiger partial charge on any atom is 0.419 e. The van der Waals surface area contributed by atoms with Crippen molar-refractivity contribution in [1.82, 2.24) is 19.3 Å². The number of esters is 1. The summed E-state index contributed by atoms with van der Waals surface area (Å²) in [5.41, 5.74) is 1.57. The van der Waals surface area contributed by atoms with Crippen molar-refractivity contribution in [2.45, 2.75) is 129 Å². The van der Waals surface area contributed by atoms with E-state index in [9.17, 15) is 40.0 Å². The zero-order chi connectivity index (χ0) is 55.0. The maximum atomic E-state index is 15.3. The van der Waals surface area contributed by atoms with Gasteiger partial charge in [0.1, 0.15) is 29.7 Å². The fourth-order valence-electron chi connectivity index (χ4n) is 9.58. The molecule has 0 saturated heterocycles. The summed E-state index contributed by atoms with van der Waals surface area (Å²) in [5, 5.41) is 8.03. The van der Waals surface area contributed by atoms with Gasteiger partial charge < -0.3 is 25.4 Å². The number of hydrogen-bond acceptors (Lipinski definition) is 10. The first-order valence-corrected chi connectivity index (χ1v) is 26.7. The van der Waals surface area contributed by atoms with E-state index < -0.39 is 56.3 Å². The zero-order valence-corrected chi connectivity index (χ0v) is 43.4. The van der Waals surface area contributed by atoms with E-state index in [1.165, 1.54) is 24.4 Å². The van der Waals surface area contributed by atoms with Crippen LogP contribution < -0.4 is 16.0 Å². The molecule has 9 rings (SSSR count). The summed E-state index contributed by atoms with van der Waals surface area (Å²) < 4.78 is 137. The highest BCUT2D eigenvalue weighted by Gasteiger charge is 2.36. The van der Waals surface area contributed by atoms with Gasteiger partial charge in [0.05, 0.1) is 16.2 Å². The van der Waals surface area contributed by atoms with E-state index in [0.717, 1.165) is 52.4 Å². The van der Waals surface area contributed by atoms with Gasteiger partial charge in [-0.1, -0.05) is 111 Å². The summed E-state index contributed by atoms with van der Waals surface area (Å²) in [5.74, 6) is -4.41. The van der Waals surface area contributed by atoms with Gasteiger partial charge in [-0.25, -0.2) is 44.7 Å². The molecule has 79 heavy (non-hydrogen) atoms. The summed E-state index contributed by atoms with van der Waals surface area (Å²) in [4.78, 5) is 32.6. The normalized spacial score (nSPS) is 17.2. The monoisotopic (exact) mass is 1140 g/mol. The summed E-state index contributed by atoms with van der Waals surface area (Å²) >= 11 is 5.59. The Labute approximate surface area is 460 Å². The third-order valence-electron chi connectivity index (χ3n) is 13.4. The molecular weight excluding hydrogens is 1080 g/mol. The minimum atomic E-state index is -4.78. The van der Waals surface area contributed by atoms with Gasteiger partial charge in [0.15, 0.2) is 29.1 Å². The molecule has 0 unspecified atom stereocenters. The number of anilines is 2. The van der Waals surface area contributed by atoms with Crippen LogP contribution in [0.25, 0.3) is 22.2 Å². The molecule has 0 aliphatic heterocycles. The van der Waals surface area contributed by atoms with Crippen molar-refractivity contribution in [2.24, 2.45) is 5.92 Å². The van der Waals surface area contributed by atoms with Gasteiger partial charge in [0.2, 0.25) is 0 Å². The Bertz CT molecular complexity index is 3340. The number of pyridine rings is 2. The Morgan fingerprint density at radius 2 is 1.28 bits per heavy atom. The summed E-state index contributed by atoms with van der Waals surface area (Å²) in [7, 11) is -4.30. The standard InChI is InChI=1S/C35H33F3N4O4S.C21H21ClF4N2O2.2CH4/c1-21-11-13-27(14-12-21)47(44,45)42-19-29(28-16-24(36)17-30(37)33(28)42)32-22(2)15-31(38)34(41-32)39-25-9-6-10-26(18-25)40-35(43)46-20-23-7-4-3-5-8-23;22-19-16(21(24,25)26)11-17(23)20(28-19)27-15-8-4-7-14(9-15)10-18(29)30-12-13-5-2-1-3-6-13;;/h3-5,7-8,11-17,19,25-26H,6,9-10,18,20H2,1-2H3,(H,39,41)(H,40,43);1-3,5-6,11,14-15H,4,7-10,12H2,(H,27,28);2*1H4/t25-,26+;14-,15+;;/m01../s1. The number of fused-ring (bicyclic) bond motifs is 1. The number of ether oxygens (including phenoxy) is 2. The lowest BCUT2D eigenvalue weighted by molar-refractivity contribution is -0.146. The quantitative estimate of drug-likeness (QED) is 0.0545. The van der Waals surface area contributed by atoms with Crippen LogP contribution in [-0.4, -0.2) is 52.5 Å². The number of aromatic nitrogens is 3. The summed E-state index contributed by atoms with van der Waals surface area (Å²) in [6, 6.07) is 27.3. The number of aryl methyl sites for hydroxylation is 2. The second-order valence-electron chi connectivity index (χ2n) is 19.2. The predicted octanol–water partition coefficient (Wildman–Crippen LogP) is 14.9. The van der Waals surface area contributed by atoms with Crippen LogP contribution in [0.5, 0.6) is 0 Å². The predicted molar refractivity (Wildman–Crippen MR) is 291 cm³/mol. The van der Waals surface area contributed by atoms with Gasteiger partial charge in [-0.2, -0.15) is 13.2 Å². The molecule has 2 saturated carbocycles. The van der Waals surface area contributed by atoms with E-state index in [0.29, 0.717) is 43.4 Å². The lowest BCUT2D eigenvalue weighted by Crippen LogP contribution is -2.42. The van der Waals surface area contributed by atoms with Gasteiger partial charge in [-0.3, -0.25) is 4.79 Å². The van der Waals surface area contributed by atoms with Crippen LogP contribution in [0.2, 0.25) is 5.15 Å². The topological polar surface area (TPSA) is 154 Å². The molecule has 3 heterocycles. The molecule has 7 aromatic rings. The molecule has 2 aliphatic rings. The van der Waals surface area contributed by atoms with Gasteiger partial charge in [0.25, 0.3) is 10.0 Å². The van der Waals surface area contributed by atoms with E-state index in [1.54, 1.807) is 19.1 Å². The number of nitrogens with zero attached hydrogens (tertiary/aromatic N) is 3. The Morgan fingerprint density at radius 3 is 1.91 bits per heavy atom. The van der Waals surface area contributed by atoms with Crippen molar-refractivity contribution in [3.8, 4) is 11.3 Å². The fourth-order valence-corrected chi connectivity index (χ4v) is 11.2. The molecule has 3 N–H and O–H groups in total. The SMILES string of the molecule is C.C.Cc1ccc(S(=O)(=O)n2cc(-c3nc(N[C@H]4CCC[C@@H](NC(=O)OCc5ccccc5)C4)c(F)cc3C)c3cc(F)cc(F)c32)cc1.O=C(C[C@@H]1CCC[C@H](Nc2nc(Cl)c(C(F)(F)F)cc2F)C1)OCc1ccccc1. The van der Waals surface area contributed by atoms with Crippen LogP contribution in [0.3, 0.4) is 0 Å².